The molecular formula is C14H27N3O. The van der Waals surface area contributed by atoms with Crippen molar-refractivity contribution in [3.63, 3.8) is 0 Å². The van der Waals surface area contributed by atoms with Gasteiger partial charge in [-0.2, -0.15) is 0 Å². The number of carbonyl (C=O) groups is 1. The molecule has 1 aliphatic heterocycles. The minimum Gasteiger partial charge on any atom is -0.317 e. The molecule has 1 spiro atoms. The Morgan fingerprint density at radius 2 is 1.89 bits per heavy atom. The first-order valence-electron chi connectivity index (χ1n) is 6.93. The van der Waals surface area contributed by atoms with E-state index in [1.54, 1.807) is 5.01 Å². The molecule has 2 fully saturated rings. The van der Waals surface area contributed by atoms with E-state index in [-0.39, 0.29) is 22.6 Å². The number of urea groups is 1. The van der Waals surface area contributed by atoms with Gasteiger partial charge in [-0.25, -0.2) is 10.2 Å². The minimum atomic E-state index is -0.245. The lowest BCUT2D eigenvalue weighted by molar-refractivity contribution is 0.0332. The van der Waals surface area contributed by atoms with Crippen LogP contribution in [0.4, 0.5) is 4.79 Å². The summed E-state index contributed by atoms with van der Waals surface area (Å²) in [6.07, 6.45) is 3.22. The van der Waals surface area contributed by atoms with Gasteiger partial charge in [-0.1, -0.05) is 20.8 Å². The van der Waals surface area contributed by atoms with Crippen molar-refractivity contribution >= 4 is 6.03 Å². The Morgan fingerprint density at radius 3 is 2.33 bits per heavy atom. The van der Waals surface area contributed by atoms with Crippen molar-refractivity contribution in [1.29, 1.82) is 0 Å². The van der Waals surface area contributed by atoms with Crippen LogP contribution in [0.25, 0.3) is 0 Å². The number of hydrazine groups is 1. The summed E-state index contributed by atoms with van der Waals surface area (Å²) in [5, 5.41) is 4.94. The highest BCUT2D eigenvalue weighted by atomic mass is 16.2. The predicted molar refractivity (Wildman–Crippen MR) is 72.8 cm³/mol. The van der Waals surface area contributed by atoms with Gasteiger partial charge in [0.25, 0.3) is 0 Å². The van der Waals surface area contributed by atoms with Crippen LogP contribution in [0.5, 0.6) is 0 Å². The topological polar surface area (TPSA) is 44.4 Å². The Bertz CT molecular complexity index is 359. The van der Waals surface area contributed by atoms with Crippen molar-refractivity contribution in [1.82, 2.24) is 15.8 Å². The Kier molecular flexibility index (Phi) is 2.93. The number of hydrogen-bond acceptors (Lipinski definition) is 2. The molecule has 4 nitrogen and oxygen atoms in total. The fourth-order valence-corrected chi connectivity index (χ4v) is 3.78. The lowest BCUT2D eigenvalue weighted by Gasteiger charge is -2.46. The summed E-state index contributed by atoms with van der Waals surface area (Å²) in [6.45, 7) is 13.0. The average Bonchev–Trinajstić information content (AvgIpc) is 2.36. The van der Waals surface area contributed by atoms with E-state index in [2.05, 4.69) is 52.3 Å². The van der Waals surface area contributed by atoms with Gasteiger partial charge in [0, 0.05) is 0 Å². The minimum absolute atomic E-state index is 0.00685. The number of amides is 2. The molecule has 0 radical (unpaired) electrons. The van der Waals surface area contributed by atoms with Crippen LogP contribution in [0.2, 0.25) is 0 Å². The molecular weight excluding hydrogens is 226 g/mol. The molecule has 2 amide bonds. The number of carbonyl (C=O) groups excluding carboxylic acids is 1. The van der Waals surface area contributed by atoms with Gasteiger partial charge in [0.05, 0.1) is 5.54 Å². The zero-order valence-electron chi connectivity index (χ0n) is 12.6. The molecule has 104 valence electrons. The SMILES string of the molecule is CC1CC(C)(C)CC2(C1)NC(=O)N(C(C)(C)C)N2. The summed E-state index contributed by atoms with van der Waals surface area (Å²) in [4.78, 5) is 12.2. The third-order valence-electron chi connectivity index (χ3n) is 3.92. The van der Waals surface area contributed by atoms with Crippen LogP contribution in [0.1, 0.15) is 60.8 Å². The molecule has 4 heteroatoms. The van der Waals surface area contributed by atoms with Crippen LogP contribution in [-0.2, 0) is 0 Å². The summed E-state index contributed by atoms with van der Waals surface area (Å²) >= 11 is 0. The highest BCUT2D eigenvalue weighted by molar-refractivity contribution is 5.77. The van der Waals surface area contributed by atoms with E-state index in [0.29, 0.717) is 5.92 Å². The normalized spacial score (nSPS) is 36.0. The van der Waals surface area contributed by atoms with Gasteiger partial charge >= 0.3 is 6.03 Å². The van der Waals surface area contributed by atoms with Gasteiger partial charge < -0.3 is 5.32 Å². The number of rotatable bonds is 0. The summed E-state index contributed by atoms with van der Waals surface area (Å²) in [5.74, 6) is 0.626. The number of nitrogens with one attached hydrogen (secondary N) is 2. The third-order valence-corrected chi connectivity index (χ3v) is 3.92. The van der Waals surface area contributed by atoms with Crippen LogP contribution < -0.4 is 10.7 Å². The van der Waals surface area contributed by atoms with E-state index in [1.165, 1.54) is 6.42 Å². The molecule has 1 heterocycles. The molecule has 0 aromatic carbocycles. The zero-order chi connectivity index (χ0) is 13.8. The largest absolute Gasteiger partial charge is 0.333 e. The monoisotopic (exact) mass is 253 g/mol. The maximum atomic E-state index is 12.2. The van der Waals surface area contributed by atoms with Crippen molar-refractivity contribution in [2.45, 2.75) is 72.0 Å². The van der Waals surface area contributed by atoms with Gasteiger partial charge in [-0.3, -0.25) is 5.01 Å². The van der Waals surface area contributed by atoms with Crippen LogP contribution in [-0.4, -0.2) is 22.2 Å². The molecule has 1 aliphatic carbocycles. The maximum absolute atomic E-state index is 12.2. The van der Waals surface area contributed by atoms with Crippen molar-refractivity contribution in [3.05, 3.63) is 0 Å². The van der Waals surface area contributed by atoms with Crippen LogP contribution in [0.15, 0.2) is 0 Å². The van der Waals surface area contributed by atoms with E-state index >= 15 is 0 Å². The first-order chi connectivity index (χ1) is 8.03. The Labute approximate surface area is 110 Å². The average molecular weight is 253 g/mol. The smallest absolute Gasteiger partial charge is 0.317 e. The predicted octanol–water partition coefficient (Wildman–Crippen LogP) is 2.86. The van der Waals surface area contributed by atoms with Gasteiger partial charge in [0.15, 0.2) is 0 Å². The van der Waals surface area contributed by atoms with Gasteiger partial charge in [0.1, 0.15) is 5.66 Å². The zero-order valence-corrected chi connectivity index (χ0v) is 12.6. The van der Waals surface area contributed by atoms with Crippen molar-refractivity contribution in [3.8, 4) is 0 Å². The molecule has 2 aliphatic rings. The Morgan fingerprint density at radius 1 is 1.28 bits per heavy atom. The first-order valence-corrected chi connectivity index (χ1v) is 6.93. The van der Waals surface area contributed by atoms with Gasteiger partial charge in [-0.05, 0) is 51.4 Å². The number of nitrogens with zero attached hydrogens (tertiary/aromatic N) is 1. The molecule has 2 N–H and O–H groups in total. The molecule has 0 aromatic heterocycles. The fraction of sp³-hybridized carbons (Fsp3) is 0.929. The number of hydrogen-bond donors (Lipinski definition) is 2. The van der Waals surface area contributed by atoms with E-state index in [0.717, 1.165) is 12.8 Å². The fourth-order valence-electron chi connectivity index (χ4n) is 3.78. The molecule has 2 unspecified atom stereocenters. The maximum Gasteiger partial charge on any atom is 0.333 e. The van der Waals surface area contributed by atoms with Crippen molar-refractivity contribution in [2.24, 2.45) is 11.3 Å². The summed E-state index contributed by atoms with van der Waals surface area (Å²) < 4.78 is 0. The second-order valence-corrected chi connectivity index (χ2v) is 7.98. The summed E-state index contributed by atoms with van der Waals surface area (Å²) in [7, 11) is 0. The summed E-state index contributed by atoms with van der Waals surface area (Å²) in [6, 6.07) is 0.00685. The highest BCUT2D eigenvalue weighted by Gasteiger charge is 2.51. The van der Waals surface area contributed by atoms with E-state index < -0.39 is 0 Å². The van der Waals surface area contributed by atoms with Gasteiger partial charge in [0.2, 0.25) is 0 Å². The molecule has 0 aromatic rings. The molecule has 0 bridgehead atoms. The Balaban J connectivity index is 2.22. The van der Waals surface area contributed by atoms with Crippen LogP contribution >= 0.6 is 0 Å². The lowest BCUT2D eigenvalue weighted by Crippen LogP contribution is -2.59. The molecule has 1 saturated carbocycles. The second-order valence-electron chi connectivity index (χ2n) is 7.98. The Hall–Kier alpha value is -0.770. The highest BCUT2D eigenvalue weighted by Crippen LogP contribution is 2.44. The molecule has 18 heavy (non-hydrogen) atoms. The van der Waals surface area contributed by atoms with E-state index in [4.69, 9.17) is 0 Å². The second kappa shape index (κ2) is 3.86. The van der Waals surface area contributed by atoms with Gasteiger partial charge in [-0.15, -0.1) is 0 Å². The van der Waals surface area contributed by atoms with Crippen molar-refractivity contribution in [2.75, 3.05) is 0 Å². The van der Waals surface area contributed by atoms with Crippen LogP contribution in [0, 0.1) is 11.3 Å². The van der Waals surface area contributed by atoms with E-state index in [9.17, 15) is 4.79 Å². The third kappa shape index (κ3) is 2.48. The van der Waals surface area contributed by atoms with Crippen LogP contribution in [0.3, 0.4) is 0 Å². The first kappa shape index (κ1) is 13.7. The standard InChI is InChI=1S/C14H27N3O/c1-10-7-13(5,6)9-14(8-10)15-11(18)17(16-14)12(2,3)4/h10,16H,7-9H2,1-6H3,(H,15,18). The summed E-state index contributed by atoms with van der Waals surface area (Å²) in [5.41, 5.74) is 3.28. The molecule has 2 atom stereocenters. The van der Waals surface area contributed by atoms with Crippen molar-refractivity contribution < 1.29 is 4.79 Å². The van der Waals surface area contributed by atoms with E-state index in [1.807, 2.05) is 0 Å². The molecule has 1 saturated heterocycles. The lowest BCUT2D eigenvalue weighted by atomic mass is 9.68. The molecule has 2 rings (SSSR count). The quantitative estimate of drug-likeness (QED) is 0.697.